The lowest BCUT2D eigenvalue weighted by Gasteiger charge is -2.21. The summed E-state index contributed by atoms with van der Waals surface area (Å²) in [5.74, 6) is 0.289. The predicted octanol–water partition coefficient (Wildman–Crippen LogP) is 6.85. The van der Waals surface area contributed by atoms with Gasteiger partial charge in [-0.1, -0.05) is 47.5 Å². The fraction of sp³-hybridized carbons (Fsp3) is 0.226. The molecule has 2 heterocycles. The highest BCUT2D eigenvalue weighted by Crippen LogP contribution is 2.37. The molecule has 41 heavy (non-hydrogen) atoms. The van der Waals surface area contributed by atoms with Crippen LogP contribution in [-0.2, 0) is 23.6 Å². The van der Waals surface area contributed by atoms with Gasteiger partial charge in [-0.2, -0.15) is 5.10 Å². The van der Waals surface area contributed by atoms with Crippen molar-refractivity contribution in [2.75, 3.05) is 12.9 Å². The first kappa shape index (κ1) is 28.9. The SMILES string of the molecule is Cc1cc(OCCCc2c(C(=O)N[SH](C)(=O)c3ccccc3)[nH]c3c(-c4cnn(C)c4)ccc(Cl)c23)cc(C)c1Cl. The maximum Gasteiger partial charge on any atom is 0.278 e. The number of rotatable bonds is 9. The van der Waals surface area contributed by atoms with E-state index in [0.29, 0.717) is 35.1 Å². The van der Waals surface area contributed by atoms with Crippen molar-refractivity contribution in [3.63, 3.8) is 0 Å². The van der Waals surface area contributed by atoms with E-state index in [-0.39, 0.29) is 0 Å². The van der Waals surface area contributed by atoms with Crippen molar-refractivity contribution in [2.24, 2.45) is 7.05 Å². The topological polar surface area (TPSA) is 89.0 Å². The third-order valence-electron chi connectivity index (χ3n) is 7.06. The molecule has 0 bridgehead atoms. The van der Waals surface area contributed by atoms with Crippen LogP contribution in [0.25, 0.3) is 22.0 Å². The molecule has 0 aliphatic rings. The molecule has 2 N–H and O–H groups in total. The second-order valence-corrected chi connectivity index (χ2v) is 13.6. The van der Waals surface area contributed by atoms with Crippen molar-refractivity contribution in [3.05, 3.63) is 99.4 Å². The lowest BCUT2D eigenvalue weighted by Crippen LogP contribution is -2.36. The molecule has 5 aromatic rings. The Bertz CT molecular complexity index is 1770. The molecular formula is C31H32Cl2N4O3S. The summed E-state index contributed by atoms with van der Waals surface area (Å²) < 4.78 is 24.1. The van der Waals surface area contributed by atoms with Crippen LogP contribution in [0.4, 0.5) is 0 Å². The van der Waals surface area contributed by atoms with Crippen LogP contribution < -0.4 is 9.46 Å². The summed E-state index contributed by atoms with van der Waals surface area (Å²) in [5.41, 5.74) is 5.45. The third kappa shape index (κ3) is 6.05. The number of aromatic amines is 1. The standard InChI is InChI=1S/C31H32Cl2N4O3S/c1-19-15-22(16-20(2)28(19)33)40-14-8-11-25-27-26(32)13-12-24(21-17-34-37(3)18-21)29(27)35-30(25)31(38)36-41(4,39)23-9-6-5-7-10-23/h5-7,9-10,12-13,15-18,35,41H,8,11,14H2,1-4H3,(H,36,38,39). The van der Waals surface area contributed by atoms with Crippen LogP contribution in [0.1, 0.15) is 33.6 Å². The van der Waals surface area contributed by atoms with Crippen molar-refractivity contribution < 1.29 is 13.7 Å². The molecular weight excluding hydrogens is 579 g/mol. The van der Waals surface area contributed by atoms with Crippen LogP contribution in [0.5, 0.6) is 5.75 Å². The van der Waals surface area contributed by atoms with Crippen LogP contribution in [0.15, 0.2) is 71.9 Å². The molecule has 1 amide bonds. The molecule has 5 rings (SSSR count). The zero-order valence-electron chi connectivity index (χ0n) is 23.3. The van der Waals surface area contributed by atoms with Crippen LogP contribution in [-0.4, -0.2) is 37.7 Å². The van der Waals surface area contributed by atoms with Gasteiger partial charge in [0.2, 0.25) is 0 Å². The maximum atomic E-state index is 13.7. The highest BCUT2D eigenvalue weighted by atomic mass is 35.5. The van der Waals surface area contributed by atoms with Gasteiger partial charge in [0.25, 0.3) is 5.91 Å². The fourth-order valence-electron chi connectivity index (χ4n) is 5.03. The highest BCUT2D eigenvalue weighted by molar-refractivity contribution is 8.01. The van der Waals surface area contributed by atoms with E-state index in [2.05, 4.69) is 14.8 Å². The number of thiol groups is 1. The fourth-order valence-corrected chi connectivity index (χ4v) is 6.78. The second-order valence-electron chi connectivity index (χ2n) is 10.2. The Morgan fingerprint density at radius 1 is 1.10 bits per heavy atom. The molecule has 0 saturated heterocycles. The number of nitrogens with zero attached hydrogens (tertiary/aromatic N) is 2. The Hall–Kier alpha value is -3.59. The Kier molecular flexibility index (Phi) is 8.27. The number of hydrogen-bond acceptors (Lipinski definition) is 4. The number of hydrogen-bond donors (Lipinski definition) is 3. The minimum atomic E-state index is -3.19. The maximum absolute atomic E-state index is 13.7. The second kappa shape index (κ2) is 11.7. The lowest BCUT2D eigenvalue weighted by atomic mass is 10.0. The van der Waals surface area contributed by atoms with E-state index in [1.54, 1.807) is 41.4 Å². The monoisotopic (exact) mass is 610 g/mol. The molecule has 0 saturated carbocycles. The van der Waals surface area contributed by atoms with Gasteiger partial charge in [0.05, 0.1) is 23.3 Å². The summed E-state index contributed by atoms with van der Waals surface area (Å²) in [5, 5.41) is 6.31. The van der Waals surface area contributed by atoms with Gasteiger partial charge in [0.15, 0.2) is 0 Å². The number of ether oxygens (including phenoxy) is 1. The van der Waals surface area contributed by atoms with E-state index in [4.69, 9.17) is 27.9 Å². The molecule has 3 aromatic carbocycles. The average Bonchev–Trinajstić information content (AvgIpc) is 3.54. The van der Waals surface area contributed by atoms with Gasteiger partial charge in [-0.3, -0.25) is 18.4 Å². The summed E-state index contributed by atoms with van der Waals surface area (Å²) in [6, 6.07) is 16.5. The van der Waals surface area contributed by atoms with E-state index in [1.807, 2.05) is 57.4 Å². The van der Waals surface area contributed by atoms with E-state index >= 15 is 0 Å². The minimum absolute atomic E-state index is 0.328. The van der Waals surface area contributed by atoms with Crippen LogP contribution in [0.2, 0.25) is 10.0 Å². The van der Waals surface area contributed by atoms with E-state index < -0.39 is 16.0 Å². The summed E-state index contributed by atoms with van der Waals surface area (Å²) >= 11 is 13.1. The van der Waals surface area contributed by atoms with Crippen LogP contribution in [0, 0.1) is 13.8 Å². The van der Waals surface area contributed by atoms with E-state index in [0.717, 1.165) is 49.5 Å². The molecule has 2 aromatic heterocycles. The van der Waals surface area contributed by atoms with E-state index in [9.17, 15) is 9.00 Å². The van der Waals surface area contributed by atoms with Crippen LogP contribution in [0.3, 0.4) is 0 Å². The van der Waals surface area contributed by atoms with Gasteiger partial charge in [0, 0.05) is 45.9 Å². The first-order chi connectivity index (χ1) is 19.5. The number of aryl methyl sites for hydroxylation is 4. The zero-order chi connectivity index (χ0) is 29.3. The largest absolute Gasteiger partial charge is 0.494 e. The van der Waals surface area contributed by atoms with Gasteiger partial charge in [-0.15, -0.1) is 0 Å². The molecule has 0 aliphatic heterocycles. The number of halogens is 2. The molecule has 214 valence electrons. The molecule has 0 unspecified atom stereocenters. The van der Waals surface area contributed by atoms with Crippen molar-refractivity contribution >= 4 is 50.1 Å². The first-order valence-corrected chi connectivity index (χ1v) is 16.1. The lowest BCUT2D eigenvalue weighted by molar-refractivity contribution is 0.0977. The minimum Gasteiger partial charge on any atom is -0.494 e. The summed E-state index contributed by atoms with van der Waals surface area (Å²) in [4.78, 5) is 17.6. The quantitative estimate of drug-likeness (QED) is 0.126. The Balaban J connectivity index is 1.49. The zero-order valence-corrected chi connectivity index (χ0v) is 25.7. The van der Waals surface area contributed by atoms with Crippen molar-refractivity contribution in [3.8, 4) is 16.9 Å². The molecule has 0 atom stereocenters. The number of amides is 1. The van der Waals surface area contributed by atoms with Gasteiger partial charge < -0.3 is 9.72 Å². The highest BCUT2D eigenvalue weighted by Gasteiger charge is 2.25. The normalized spacial score (nSPS) is 12.0. The van der Waals surface area contributed by atoms with Crippen molar-refractivity contribution in [1.29, 1.82) is 0 Å². The number of nitrogens with one attached hydrogen (secondary N) is 2. The van der Waals surface area contributed by atoms with Gasteiger partial charge in [-0.25, -0.2) is 0 Å². The molecule has 7 nitrogen and oxygen atoms in total. The third-order valence-corrected chi connectivity index (χ3v) is 9.89. The van der Waals surface area contributed by atoms with Gasteiger partial charge in [0.1, 0.15) is 11.4 Å². The molecule has 10 heteroatoms. The molecule has 0 radical (unpaired) electrons. The Labute approximate surface area is 250 Å². The van der Waals surface area contributed by atoms with Gasteiger partial charge in [-0.05, 0) is 83.8 Å². The number of fused-ring (bicyclic) bond motifs is 1. The number of H-pyrrole nitrogens is 1. The van der Waals surface area contributed by atoms with Gasteiger partial charge >= 0.3 is 0 Å². The summed E-state index contributed by atoms with van der Waals surface area (Å²) in [6.07, 6.45) is 6.35. The average molecular weight is 612 g/mol. The number of carbonyl (C=O) groups is 1. The Morgan fingerprint density at radius 3 is 2.46 bits per heavy atom. The number of carbonyl (C=O) groups excluding carboxylic acids is 1. The van der Waals surface area contributed by atoms with Crippen molar-refractivity contribution in [2.45, 2.75) is 31.6 Å². The van der Waals surface area contributed by atoms with Crippen LogP contribution >= 0.6 is 23.2 Å². The summed E-state index contributed by atoms with van der Waals surface area (Å²) in [7, 11) is -1.35. The Morgan fingerprint density at radius 2 is 1.80 bits per heavy atom. The van der Waals surface area contributed by atoms with E-state index in [1.165, 1.54) is 0 Å². The molecule has 0 fully saturated rings. The molecule has 0 aliphatic carbocycles. The number of benzene rings is 3. The molecule has 0 spiro atoms. The first-order valence-electron chi connectivity index (χ1n) is 13.2. The summed E-state index contributed by atoms with van der Waals surface area (Å²) in [6.45, 7) is 4.32. The van der Waals surface area contributed by atoms with Crippen molar-refractivity contribution in [1.82, 2.24) is 19.5 Å². The number of aromatic nitrogens is 3. The predicted molar refractivity (Wildman–Crippen MR) is 168 cm³/mol. The smallest absolute Gasteiger partial charge is 0.278 e.